The van der Waals surface area contributed by atoms with Gasteiger partial charge in [-0.05, 0) is 30.8 Å². The first-order valence-corrected chi connectivity index (χ1v) is 8.84. The Hall–Kier alpha value is -0.420. The number of likely N-dealkylation sites (N-methyl/N-ethyl adjacent to an activating group) is 1. The maximum absolute atomic E-state index is 5.58. The molecule has 3 nitrogen and oxygen atoms in total. The third kappa shape index (κ3) is 2.67. The average Bonchev–Trinajstić information content (AvgIpc) is 3.18. The topological polar surface area (TPSA) is 24.5 Å². The van der Waals surface area contributed by atoms with E-state index in [0.29, 0.717) is 11.6 Å². The highest BCUT2D eigenvalue weighted by Gasteiger charge is 2.46. The highest BCUT2D eigenvalue weighted by atomic mass is 32.1. The molecule has 0 bridgehead atoms. The van der Waals surface area contributed by atoms with Crippen molar-refractivity contribution >= 4 is 11.3 Å². The van der Waals surface area contributed by atoms with Crippen LogP contribution in [0.4, 0.5) is 0 Å². The minimum absolute atomic E-state index is 0.310. The summed E-state index contributed by atoms with van der Waals surface area (Å²) in [4.78, 5) is 4.22. The lowest BCUT2D eigenvalue weighted by molar-refractivity contribution is -0.0357. The van der Waals surface area contributed by atoms with E-state index in [1.807, 2.05) is 11.3 Å². The van der Waals surface area contributed by atoms with Gasteiger partial charge in [0.05, 0.1) is 19.3 Å². The molecule has 1 aromatic rings. The van der Waals surface area contributed by atoms with Gasteiger partial charge in [-0.15, -0.1) is 11.3 Å². The summed E-state index contributed by atoms with van der Waals surface area (Å²) in [5.74, 6) is 0. The van der Waals surface area contributed by atoms with Crippen LogP contribution < -0.4 is 5.32 Å². The second-order valence-corrected chi connectivity index (χ2v) is 6.90. The number of nitrogens with one attached hydrogen (secondary N) is 1. The van der Waals surface area contributed by atoms with Crippen LogP contribution >= 0.6 is 11.3 Å². The van der Waals surface area contributed by atoms with Crippen molar-refractivity contribution in [1.29, 1.82) is 0 Å². The van der Waals surface area contributed by atoms with Gasteiger partial charge in [0.1, 0.15) is 0 Å². The van der Waals surface area contributed by atoms with E-state index in [9.17, 15) is 0 Å². The van der Waals surface area contributed by atoms with Gasteiger partial charge in [0.2, 0.25) is 0 Å². The fourth-order valence-electron chi connectivity index (χ4n) is 4.00. The number of thiophene rings is 1. The number of hydrogen-bond donors (Lipinski definition) is 1. The molecule has 2 fully saturated rings. The molecule has 1 saturated carbocycles. The maximum Gasteiger partial charge on any atom is 0.0601 e. The normalized spacial score (nSPS) is 24.9. The van der Waals surface area contributed by atoms with Gasteiger partial charge in [-0.2, -0.15) is 0 Å². The molecule has 1 N–H and O–H groups in total. The molecule has 0 spiro atoms. The van der Waals surface area contributed by atoms with Gasteiger partial charge in [-0.25, -0.2) is 0 Å². The van der Waals surface area contributed by atoms with E-state index in [2.05, 4.69) is 34.7 Å². The molecule has 1 aliphatic carbocycles. The zero-order valence-electron chi connectivity index (χ0n) is 12.4. The summed E-state index contributed by atoms with van der Waals surface area (Å²) in [6.07, 6.45) is 5.38. The zero-order chi connectivity index (χ0) is 13.8. The number of ether oxygens (including phenoxy) is 1. The molecule has 20 heavy (non-hydrogen) atoms. The Balaban J connectivity index is 1.90. The lowest BCUT2D eigenvalue weighted by Gasteiger charge is -2.48. The van der Waals surface area contributed by atoms with Gasteiger partial charge in [0, 0.05) is 23.5 Å². The second-order valence-electron chi connectivity index (χ2n) is 5.92. The average molecular weight is 294 g/mol. The number of rotatable bonds is 5. The molecule has 1 aromatic heterocycles. The fraction of sp³-hybridized carbons (Fsp3) is 0.750. The summed E-state index contributed by atoms with van der Waals surface area (Å²) < 4.78 is 5.58. The Morgan fingerprint density at radius 1 is 1.35 bits per heavy atom. The molecule has 0 radical (unpaired) electrons. The Labute approximate surface area is 126 Å². The lowest BCUT2D eigenvalue weighted by atomic mass is 9.84. The van der Waals surface area contributed by atoms with Crippen LogP contribution in [0.3, 0.4) is 0 Å². The van der Waals surface area contributed by atoms with Crippen molar-refractivity contribution < 1.29 is 4.74 Å². The van der Waals surface area contributed by atoms with E-state index in [1.165, 1.54) is 30.6 Å². The van der Waals surface area contributed by atoms with Crippen molar-refractivity contribution in [2.75, 3.05) is 32.8 Å². The van der Waals surface area contributed by atoms with E-state index >= 15 is 0 Å². The molecule has 2 heterocycles. The van der Waals surface area contributed by atoms with Crippen LogP contribution in [0.1, 0.15) is 43.5 Å². The number of morpholine rings is 1. The second kappa shape index (κ2) is 6.56. The minimum Gasteiger partial charge on any atom is -0.379 e. The molecule has 0 amide bonds. The Bertz CT molecular complexity index is 395. The fourth-order valence-corrected chi connectivity index (χ4v) is 4.91. The molecule has 112 valence electrons. The number of hydrogen-bond acceptors (Lipinski definition) is 4. The van der Waals surface area contributed by atoms with E-state index < -0.39 is 0 Å². The first-order valence-electron chi connectivity index (χ1n) is 7.96. The highest BCUT2D eigenvalue weighted by Crippen LogP contribution is 2.45. The highest BCUT2D eigenvalue weighted by molar-refractivity contribution is 7.10. The van der Waals surface area contributed by atoms with E-state index in [0.717, 1.165) is 32.8 Å². The predicted octanol–water partition coefficient (Wildman–Crippen LogP) is 3.04. The van der Waals surface area contributed by atoms with Crippen molar-refractivity contribution in [3.8, 4) is 0 Å². The number of nitrogens with zero attached hydrogens (tertiary/aromatic N) is 1. The van der Waals surface area contributed by atoms with Crippen molar-refractivity contribution in [2.24, 2.45) is 0 Å². The van der Waals surface area contributed by atoms with Crippen LogP contribution in [0.15, 0.2) is 17.5 Å². The SMILES string of the molecule is CCNC(c1cccs1)C1(N2CCOCC2)CCCC1. The zero-order valence-corrected chi connectivity index (χ0v) is 13.3. The molecule has 1 saturated heterocycles. The van der Waals surface area contributed by atoms with Gasteiger partial charge in [0.25, 0.3) is 0 Å². The minimum atomic E-state index is 0.310. The van der Waals surface area contributed by atoms with Crippen LogP contribution in [0.25, 0.3) is 0 Å². The molecule has 2 aliphatic rings. The van der Waals surface area contributed by atoms with Gasteiger partial charge >= 0.3 is 0 Å². The van der Waals surface area contributed by atoms with Crippen molar-refractivity contribution in [3.63, 3.8) is 0 Å². The van der Waals surface area contributed by atoms with E-state index in [-0.39, 0.29) is 0 Å². The van der Waals surface area contributed by atoms with Gasteiger partial charge in [-0.3, -0.25) is 4.90 Å². The molecule has 1 atom stereocenters. The van der Waals surface area contributed by atoms with Gasteiger partial charge in [-0.1, -0.05) is 25.8 Å². The van der Waals surface area contributed by atoms with E-state index in [1.54, 1.807) is 0 Å². The van der Waals surface area contributed by atoms with E-state index in [4.69, 9.17) is 4.74 Å². The quantitative estimate of drug-likeness (QED) is 0.903. The summed E-state index contributed by atoms with van der Waals surface area (Å²) in [6.45, 7) is 7.23. The van der Waals surface area contributed by atoms with Crippen LogP contribution in [-0.2, 0) is 4.74 Å². The van der Waals surface area contributed by atoms with Crippen LogP contribution in [0, 0.1) is 0 Å². The molecular weight excluding hydrogens is 268 g/mol. The monoisotopic (exact) mass is 294 g/mol. The van der Waals surface area contributed by atoms with Crippen LogP contribution in [0.2, 0.25) is 0 Å². The van der Waals surface area contributed by atoms with Crippen LogP contribution in [0.5, 0.6) is 0 Å². The smallest absolute Gasteiger partial charge is 0.0601 e. The molecule has 0 aromatic carbocycles. The molecule has 3 rings (SSSR count). The predicted molar refractivity (Wildman–Crippen MR) is 84.3 cm³/mol. The molecule has 4 heteroatoms. The Kier molecular flexibility index (Phi) is 4.76. The Morgan fingerprint density at radius 2 is 2.10 bits per heavy atom. The maximum atomic E-state index is 5.58. The molecular formula is C16H26N2OS. The van der Waals surface area contributed by atoms with Gasteiger partial charge < -0.3 is 10.1 Å². The third-order valence-corrected chi connectivity index (χ3v) is 5.82. The summed E-state index contributed by atoms with van der Waals surface area (Å²) in [5, 5.41) is 6.00. The van der Waals surface area contributed by atoms with Crippen LogP contribution in [-0.4, -0.2) is 43.3 Å². The summed E-state index contributed by atoms with van der Waals surface area (Å²) in [5.41, 5.74) is 0.310. The first-order chi connectivity index (χ1) is 9.87. The van der Waals surface area contributed by atoms with Crippen molar-refractivity contribution in [2.45, 2.75) is 44.2 Å². The summed E-state index contributed by atoms with van der Waals surface area (Å²) >= 11 is 1.90. The third-order valence-electron chi connectivity index (χ3n) is 4.88. The summed E-state index contributed by atoms with van der Waals surface area (Å²) in [7, 11) is 0. The largest absolute Gasteiger partial charge is 0.379 e. The first kappa shape index (κ1) is 14.5. The summed E-state index contributed by atoms with van der Waals surface area (Å²) in [6, 6.07) is 4.97. The molecule has 1 aliphatic heterocycles. The lowest BCUT2D eigenvalue weighted by Crippen LogP contribution is -2.58. The standard InChI is InChI=1S/C16H26N2OS/c1-2-17-15(14-6-5-13-20-14)16(7-3-4-8-16)18-9-11-19-12-10-18/h5-6,13,15,17H,2-4,7-12H2,1H3. The Morgan fingerprint density at radius 3 is 2.70 bits per heavy atom. The van der Waals surface area contributed by atoms with Gasteiger partial charge in [0.15, 0.2) is 0 Å². The van der Waals surface area contributed by atoms with Crippen molar-refractivity contribution in [1.82, 2.24) is 10.2 Å². The molecule has 1 unspecified atom stereocenters. The van der Waals surface area contributed by atoms with Crippen molar-refractivity contribution in [3.05, 3.63) is 22.4 Å².